The highest BCUT2D eigenvalue weighted by Gasteiger charge is 2.24. The molecule has 0 saturated heterocycles. The summed E-state index contributed by atoms with van der Waals surface area (Å²) in [7, 11) is -1.59. The van der Waals surface area contributed by atoms with E-state index in [9.17, 15) is 8.42 Å². The van der Waals surface area contributed by atoms with Crippen molar-refractivity contribution in [2.45, 2.75) is 49.5 Å². The molecule has 1 saturated carbocycles. The van der Waals surface area contributed by atoms with E-state index in [2.05, 4.69) is 18.0 Å². The minimum absolute atomic E-state index is 0.252. The first-order chi connectivity index (χ1) is 15.5. The maximum absolute atomic E-state index is 13.5. The fourth-order valence-corrected chi connectivity index (χ4v) is 6.19. The summed E-state index contributed by atoms with van der Waals surface area (Å²) in [5.74, 6) is 0.828. The van der Waals surface area contributed by atoms with E-state index in [-0.39, 0.29) is 6.10 Å². The number of aromatic nitrogens is 1. The molecule has 0 spiro atoms. The number of nitrogens with zero attached hydrogens (tertiary/aromatic N) is 2. The van der Waals surface area contributed by atoms with Crippen LogP contribution in [-0.4, -0.2) is 43.5 Å². The maximum Gasteiger partial charge on any atom is 0.268 e. The van der Waals surface area contributed by atoms with E-state index < -0.39 is 10.0 Å². The van der Waals surface area contributed by atoms with Crippen LogP contribution >= 0.6 is 0 Å². The third-order valence-corrected chi connectivity index (χ3v) is 8.34. The molecular weight excluding hydrogens is 420 g/mol. The Morgan fingerprint density at radius 3 is 2.50 bits per heavy atom. The van der Waals surface area contributed by atoms with Gasteiger partial charge in [0.25, 0.3) is 10.0 Å². The maximum atomic E-state index is 13.5. The third-order valence-electron chi connectivity index (χ3n) is 6.66. The molecule has 6 heteroatoms. The van der Waals surface area contributed by atoms with E-state index in [1.54, 1.807) is 30.5 Å². The average Bonchev–Trinajstić information content (AvgIpc) is 3.20. The molecule has 1 aliphatic heterocycles. The Hall–Kier alpha value is -2.57. The summed E-state index contributed by atoms with van der Waals surface area (Å²) in [4.78, 5) is 2.56. The molecule has 0 atom stereocenters. The highest BCUT2D eigenvalue weighted by atomic mass is 32.2. The van der Waals surface area contributed by atoms with Crippen molar-refractivity contribution in [3.8, 4) is 5.75 Å². The monoisotopic (exact) mass is 450 g/mol. The van der Waals surface area contributed by atoms with Crippen molar-refractivity contribution < 1.29 is 13.2 Å². The van der Waals surface area contributed by atoms with Crippen molar-refractivity contribution in [3.63, 3.8) is 0 Å². The largest absolute Gasteiger partial charge is 0.490 e. The van der Waals surface area contributed by atoms with Gasteiger partial charge in [-0.3, -0.25) is 0 Å². The zero-order valence-corrected chi connectivity index (χ0v) is 19.4. The molecule has 1 aliphatic carbocycles. The Balaban J connectivity index is 1.62. The number of hydrogen-bond donors (Lipinski definition) is 0. The Kier molecular flexibility index (Phi) is 5.82. The van der Waals surface area contributed by atoms with Crippen LogP contribution in [0.1, 0.15) is 44.1 Å². The van der Waals surface area contributed by atoms with Gasteiger partial charge in [0.15, 0.2) is 0 Å². The molecule has 2 aliphatic rings. The van der Waals surface area contributed by atoms with Gasteiger partial charge in [-0.05, 0) is 75.1 Å². The molecule has 0 unspecified atom stereocenters. The number of fused-ring (bicyclic) bond motifs is 1. The molecular formula is C26H30N2O3S. The van der Waals surface area contributed by atoms with E-state index in [0.29, 0.717) is 10.4 Å². The summed E-state index contributed by atoms with van der Waals surface area (Å²) in [5, 5.41) is 0.939. The number of ether oxygens (including phenoxy) is 1. The fourth-order valence-electron chi connectivity index (χ4n) is 4.80. The van der Waals surface area contributed by atoms with Crippen LogP contribution in [0, 0.1) is 0 Å². The zero-order valence-electron chi connectivity index (χ0n) is 18.5. The molecule has 32 heavy (non-hydrogen) atoms. The summed E-state index contributed by atoms with van der Waals surface area (Å²) in [6.45, 7) is 1.83. The third kappa shape index (κ3) is 4.09. The Morgan fingerprint density at radius 2 is 1.78 bits per heavy atom. The lowest BCUT2D eigenvalue weighted by atomic mass is 9.97. The van der Waals surface area contributed by atoms with Crippen LogP contribution in [-0.2, 0) is 10.0 Å². The fraction of sp³-hybridized carbons (Fsp3) is 0.385. The smallest absolute Gasteiger partial charge is 0.268 e. The highest BCUT2D eigenvalue weighted by Crippen LogP contribution is 2.36. The first-order valence-corrected chi connectivity index (χ1v) is 13.0. The van der Waals surface area contributed by atoms with E-state index >= 15 is 0 Å². The molecule has 1 fully saturated rings. The van der Waals surface area contributed by atoms with Crippen LogP contribution in [0.25, 0.3) is 16.5 Å². The standard InChI is InChI=1S/C26H30N2O3S/c1-27-16-14-20(15-17-27)25-19-28(32(29,30)23-10-6-3-7-11-23)26-13-12-22(18-24(25)26)31-21-8-4-2-5-9-21/h3,6-7,10-14,18-19,21H,2,4-5,8-9,15-17H2,1H3. The number of benzene rings is 2. The molecule has 0 radical (unpaired) electrons. The van der Waals surface area contributed by atoms with Crippen LogP contribution in [0.15, 0.2) is 65.7 Å². The summed E-state index contributed by atoms with van der Waals surface area (Å²) < 4.78 is 34.8. The van der Waals surface area contributed by atoms with E-state index in [1.165, 1.54) is 28.8 Å². The van der Waals surface area contributed by atoms with Gasteiger partial charge < -0.3 is 9.64 Å². The minimum atomic E-state index is -3.70. The predicted molar refractivity (Wildman–Crippen MR) is 129 cm³/mol. The summed E-state index contributed by atoms with van der Waals surface area (Å²) in [6.07, 6.45) is 11.1. The van der Waals surface area contributed by atoms with Crippen LogP contribution in [0.4, 0.5) is 0 Å². The van der Waals surface area contributed by atoms with Gasteiger partial charge in [0.1, 0.15) is 5.75 Å². The lowest BCUT2D eigenvalue weighted by molar-refractivity contribution is 0.155. The molecule has 168 valence electrons. The van der Waals surface area contributed by atoms with Crippen LogP contribution in [0.3, 0.4) is 0 Å². The SMILES string of the molecule is CN1CC=C(c2cn(S(=O)(=O)c3ccccc3)c3ccc(OC4CCCCC4)cc23)CC1. The van der Waals surface area contributed by atoms with Crippen molar-refractivity contribution in [1.29, 1.82) is 0 Å². The molecule has 0 amide bonds. The molecule has 2 aromatic carbocycles. The van der Waals surface area contributed by atoms with E-state index in [4.69, 9.17) is 4.74 Å². The van der Waals surface area contributed by atoms with E-state index in [0.717, 1.165) is 49.1 Å². The van der Waals surface area contributed by atoms with Crippen LogP contribution < -0.4 is 4.74 Å². The van der Waals surface area contributed by atoms with Gasteiger partial charge in [-0.2, -0.15) is 0 Å². The molecule has 5 rings (SSSR count). The molecule has 0 N–H and O–H groups in total. The minimum Gasteiger partial charge on any atom is -0.490 e. The Labute approximate surface area is 190 Å². The Morgan fingerprint density at radius 1 is 1.00 bits per heavy atom. The summed E-state index contributed by atoms with van der Waals surface area (Å²) in [5.41, 5.74) is 2.88. The first-order valence-electron chi connectivity index (χ1n) is 11.5. The van der Waals surface area contributed by atoms with Gasteiger partial charge in [0, 0.05) is 30.2 Å². The van der Waals surface area contributed by atoms with Gasteiger partial charge in [-0.1, -0.05) is 30.7 Å². The summed E-state index contributed by atoms with van der Waals surface area (Å²) in [6, 6.07) is 14.5. The molecule has 1 aromatic heterocycles. The number of likely N-dealkylation sites (N-methyl/N-ethyl adjacent to an activating group) is 1. The van der Waals surface area contributed by atoms with Crippen molar-refractivity contribution in [2.75, 3.05) is 20.1 Å². The first kappa shape index (κ1) is 21.3. The van der Waals surface area contributed by atoms with Crippen LogP contribution in [0.5, 0.6) is 5.75 Å². The lowest BCUT2D eigenvalue weighted by Crippen LogP contribution is -2.23. The van der Waals surface area contributed by atoms with Crippen molar-refractivity contribution in [1.82, 2.24) is 8.87 Å². The second kappa shape index (κ2) is 8.75. The topological polar surface area (TPSA) is 51.5 Å². The number of rotatable bonds is 5. The lowest BCUT2D eigenvalue weighted by Gasteiger charge is -2.23. The molecule has 5 nitrogen and oxygen atoms in total. The second-order valence-corrected chi connectivity index (χ2v) is 10.8. The van der Waals surface area contributed by atoms with Gasteiger partial charge in [-0.25, -0.2) is 12.4 Å². The van der Waals surface area contributed by atoms with Gasteiger partial charge in [0.2, 0.25) is 0 Å². The van der Waals surface area contributed by atoms with Crippen molar-refractivity contribution in [2.24, 2.45) is 0 Å². The van der Waals surface area contributed by atoms with Crippen LogP contribution in [0.2, 0.25) is 0 Å². The quantitative estimate of drug-likeness (QED) is 0.529. The van der Waals surface area contributed by atoms with Gasteiger partial charge >= 0.3 is 0 Å². The molecule has 3 aromatic rings. The van der Waals surface area contributed by atoms with E-state index in [1.807, 2.05) is 24.3 Å². The highest BCUT2D eigenvalue weighted by molar-refractivity contribution is 7.90. The summed E-state index contributed by atoms with van der Waals surface area (Å²) >= 11 is 0. The normalized spacial score (nSPS) is 18.6. The predicted octanol–water partition coefficient (Wildman–Crippen LogP) is 5.31. The van der Waals surface area contributed by atoms with Crippen molar-refractivity contribution in [3.05, 3.63) is 66.4 Å². The molecule has 2 heterocycles. The average molecular weight is 451 g/mol. The molecule has 0 bridgehead atoms. The zero-order chi connectivity index (χ0) is 22.1. The number of hydrogen-bond acceptors (Lipinski definition) is 4. The second-order valence-electron chi connectivity index (χ2n) is 8.96. The van der Waals surface area contributed by atoms with Crippen molar-refractivity contribution >= 4 is 26.5 Å². The Bertz CT molecular complexity index is 1240. The van der Waals surface area contributed by atoms with Gasteiger partial charge in [-0.15, -0.1) is 0 Å². The van der Waals surface area contributed by atoms with Gasteiger partial charge in [0.05, 0.1) is 16.5 Å².